The smallest absolute Gasteiger partial charge is 0.0880 e. The molecule has 0 heterocycles. The van der Waals surface area contributed by atoms with E-state index >= 15 is 0 Å². The summed E-state index contributed by atoms with van der Waals surface area (Å²) in [5.41, 5.74) is -1.06. The average molecular weight is 232 g/mol. The summed E-state index contributed by atoms with van der Waals surface area (Å²) >= 11 is 0. The lowest BCUT2D eigenvalue weighted by Crippen LogP contribution is -2.43. The fourth-order valence-corrected chi connectivity index (χ4v) is 1.98. The van der Waals surface area contributed by atoms with Gasteiger partial charge in [0, 0.05) is 6.61 Å². The second-order valence-electron chi connectivity index (χ2n) is 5.77. The van der Waals surface area contributed by atoms with Gasteiger partial charge < -0.3 is 15.3 Å². The fourth-order valence-electron chi connectivity index (χ4n) is 1.98. The molecule has 0 saturated carbocycles. The van der Waals surface area contributed by atoms with Gasteiger partial charge in [0.2, 0.25) is 0 Å². The number of rotatable bonds is 7. The highest BCUT2D eigenvalue weighted by atomic mass is 16.3. The summed E-state index contributed by atoms with van der Waals surface area (Å²) in [5.74, 6) is 0.643. The zero-order valence-electron chi connectivity index (χ0n) is 11.3. The van der Waals surface area contributed by atoms with Gasteiger partial charge >= 0.3 is 0 Å². The molecule has 3 heteroatoms. The number of aliphatic hydroxyl groups is 3. The molecule has 0 aliphatic carbocycles. The molecule has 0 aliphatic heterocycles. The third-order valence-corrected chi connectivity index (χ3v) is 3.47. The van der Waals surface area contributed by atoms with Gasteiger partial charge in [0.1, 0.15) is 0 Å². The van der Waals surface area contributed by atoms with E-state index in [4.69, 9.17) is 0 Å². The van der Waals surface area contributed by atoms with Crippen molar-refractivity contribution >= 4 is 0 Å². The van der Waals surface area contributed by atoms with E-state index in [1.54, 1.807) is 6.92 Å². The molecule has 0 aliphatic rings. The maximum atomic E-state index is 10.1. The first-order valence-corrected chi connectivity index (χ1v) is 6.23. The van der Waals surface area contributed by atoms with Gasteiger partial charge in [-0.1, -0.05) is 27.7 Å². The zero-order chi connectivity index (χ0) is 12.9. The van der Waals surface area contributed by atoms with Crippen LogP contribution in [0.3, 0.4) is 0 Å². The van der Waals surface area contributed by atoms with Crippen LogP contribution in [0.5, 0.6) is 0 Å². The van der Waals surface area contributed by atoms with Crippen molar-refractivity contribution in [2.45, 2.75) is 59.2 Å². The van der Waals surface area contributed by atoms with Gasteiger partial charge in [0.05, 0.1) is 11.7 Å². The van der Waals surface area contributed by atoms with Crippen LogP contribution in [-0.4, -0.2) is 33.6 Å². The summed E-state index contributed by atoms with van der Waals surface area (Å²) in [5, 5.41) is 29.2. The number of hydrogen-bond donors (Lipinski definition) is 3. The Morgan fingerprint density at radius 1 is 1.06 bits per heavy atom. The van der Waals surface area contributed by atoms with Crippen molar-refractivity contribution in [2.75, 3.05) is 6.61 Å². The molecule has 3 N–H and O–H groups in total. The van der Waals surface area contributed by atoms with E-state index in [-0.39, 0.29) is 18.4 Å². The minimum Gasteiger partial charge on any atom is -0.396 e. The lowest BCUT2D eigenvalue weighted by atomic mass is 9.82. The van der Waals surface area contributed by atoms with Crippen LogP contribution in [0.2, 0.25) is 0 Å². The number of aliphatic hydroxyl groups excluding tert-OH is 2. The Balaban J connectivity index is 4.26. The molecule has 0 saturated heterocycles. The summed E-state index contributed by atoms with van der Waals surface area (Å²) in [6.45, 7) is 9.73. The molecule has 0 rings (SSSR count). The van der Waals surface area contributed by atoms with Gasteiger partial charge in [-0.15, -0.1) is 0 Å². The topological polar surface area (TPSA) is 60.7 Å². The van der Waals surface area contributed by atoms with Gasteiger partial charge in [-0.3, -0.25) is 0 Å². The summed E-state index contributed by atoms with van der Waals surface area (Å²) in [6.07, 6.45) is 0.555. The van der Waals surface area contributed by atoms with Crippen molar-refractivity contribution in [3.05, 3.63) is 0 Å². The highest BCUT2D eigenvalue weighted by Gasteiger charge is 2.33. The van der Waals surface area contributed by atoms with Crippen LogP contribution < -0.4 is 0 Å². The van der Waals surface area contributed by atoms with Crippen LogP contribution in [0.1, 0.15) is 47.5 Å². The normalized spacial score (nSPS) is 19.9. The largest absolute Gasteiger partial charge is 0.396 e. The van der Waals surface area contributed by atoms with Crippen molar-refractivity contribution in [3.8, 4) is 0 Å². The molecule has 0 bridgehead atoms. The zero-order valence-corrected chi connectivity index (χ0v) is 11.3. The second-order valence-corrected chi connectivity index (χ2v) is 5.77. The summed E-state index contributed by atoms with van der Waals surface area (Å²) in [4.78, 5) is 0. The Morgan fingerprint density at radius 2 is 1.56 bits per heavy atom. The monoisotopic (exact) mass is 232 g/mol. The minimum absolute atomic E-state index is 0.0432. The van der Waals surface area contributed by atoms with Crippen LogP contribution in [0, 0.1) is 17.8 Å². The van der Waals surface area contributed by atoms with Crippen molar-refractivity contribution in [2.24, 2.45) is 17.8 Å². The fraction of sp³-hybridized carbons (Fsp3) is 1.00. The van der Waals surface area contributed by atoms with E-state index in [1.165, 1.54) is 0 Å². The van der Waals surface area contributed by atoms with Gasteiger partial charge in [0.15, 0.2) is 0 Å². The lowest BCUT2D eigenvalue weighted by molar-refractivity contribution is -0.0911. The first-order chi connectivity index (χ1) is 7.22. The third kappa shape index (κ3) is 4.81. The van der Waals surface area contributed by atoms with E-state index in [0.717, 1.165) is 6.42 Å². The van der Waals surface area contributed by atoms with E-state index < -0.39 is 11.7 Å². The highest BCUT2D eigenvalue weighted by Crippen LogP contribution is 2.26. The summed E-state index contributed by atoms with van der Waals surface area (Å²) in [7, 11) is 0. The van der Waals surface area contributed by atoms with Crippen LogP contribution in [0.25, 0.3) is 0 Å². The Kier molecular flexibility index (Phi) is 6.53. The third-order valence-electron chi connectivity index (χ3n) is 3.47. The molecule has 0 aromatic heterocycles. The first-order valence-electron chi connectivity index (χ1n) is 6.23. The maximum Gasteiger partial charge on any atom is 0.0880 e. The first kappa shape index (κ1) is 15.9. The molecule has 0 fully saturated rings. The molecule has 3 atom stereocenters. The molecule has 3 nitrogen and oxygen atoms in total. The maximum absolute atomic E-state index is 10.1. The van der Waals surface area contributed by atoms with Crippen molar-refractivity contribution in [1.29, 1.82) is 0 Å². The molecular formula is C13H28O3. The molecular weight excluding hydrogens is 204 g/mol. The quantitative estimate of drug-likeness (QED) is 0.627. The lowest BCUT2D eigenvalue weighted by Gasteiger charge is -2.33. The highest BCUT2D eigenvalue weighted by molar-refractivity contribution is 4.84. The second kappa shape index (κ2) is 6.58. The van der Waals surface area contributed by atoms with E-state index in [2.05, 4.69) is 13.8 Å². The van der Waals surface area contributed by atoms with Crippen molar-refractivity contribution in [1.82, 2.24) is 0 Å². The van der Waals surface area contributed by atoms with Crippen molar-refractivity contribution in [3.63, 3.8) is 0 Å². The summed E-state index contributed by atoms with van der Waals surface area (Å²) in [6, 6.07) is 0. The van der Waals surface area contributed by atoms with Crippen LogP contribution in [0.4, 0.5) is 0 Å². The molecule has 16 heavy (non-hydrogen) atoms. The predicted octanol–water partition coefficient (Wildman–Crippen LogP) is 1.80. The molecule has 0 aromatic rings. The Bertz CT molecular complexity index is 188. The van der Waals surface area contributed by atoms with Crippen LogP contribution in [0.15, 0.2) is 0 Å². The van der Waals surface area contributed by atoms with Gasteiger partial charge in [-0.2, -0.15) is 0 Å². The van der Waals surface area contributed by atoms with E-state index in [0.29, 0.717) is 12.3 Å². The van der Waals surface area contributed by atoms with Crippen LogP contribution in [-0.2, 0) is 0 Å². The standard InChI is InChI=1S/C13H28O3/c1-9(2)11(8-14)6-7-13(5,16)12(15)10(3)4/h9-12,14-16H,6-8H2,1-5H3/t11-,12+,13-/m0/s1. The molecule has 98 valence electrons. The predicted molar refractivity (Wildman–Crippen MR) is 66.1 cm³/mol. The van der Waals surface area contributed by atoms with Gasteiger partial charge in [-0.05, 0) is 37.5 Å². The molecule has 0 spiro atoms. The Labute approximate surface area is 99.5 Å². The van der Waals surface area contributed by atoms with Gasteiger partial charge in [-0.25, -0.2) is 0 Å². The molecule has 0 radical (unpaired) electrons. The Morgan fingerprint density at radius 3 is 1.88 bits per heavy atom. The SMILES string of the molecule is CC(C)[C@H](CO)CC[C@](C)(O)[C@H](O)C(C)C. The minimum atomic E-state index is -1.06. The molecule has 0 unspecified atom stereocenters. The van der Waals surface area contributed by atoms with Gasteiger partial charge in [0.25, 0.3) is 0 Å². The van der Waals surface area contributed by atoms with Crippen LogP contribution >= 0.6 is 0 Å². The van der Waals surface area contributed by atoms with E-state index in [1.807, 2.05) is 13.8 Å². The number of hydrogen-bond acceptors (Lipinski definition) is 3. The molecule has 0 aromatic carbocycles. The summed E-state index contributed by atoms with van der Waals surface area (Å²) < 4.78 is 0. The Hall–Kier alpha value is -0.120. The molecule has 0 amide bonds. The van der Waals surface area contributed by atoms with E-state index in [9.17, 15) is 15.3 Å². The average Bonchev–Trinajstić information content (AvgIpc) is 2.16. The van der Waals surface area contributed by atoms with Crippen molar-refractivity contribution < 1.29 is 15.3 Å².